The number of benzene rings is 2. The summed E-state index contributed by atoms with van der Waals surface area (Å²) in [6, 6.07) is 16.4. The molecule has 5 nitrogen and oxygen atoms in total. The van der Waals surface area contributed by atoms with E-state index in [4.69, 9.17) is 9.47 Å². The fourth-order valence-corrected chi connectivity index (χ4v) is 3.14. The monoisotopic (exact) mass is 351 g/mol. The van der Waals surface area contributed by atoms with Crippen molar-refractivity contribution in [1.82, 2.24) is 5.32 Å². The third-order valence-corrected chi connectivity index (χ3v) is 4.35. The summed E-state index contributed by atoms with van der Waals surface area (Å²) in [4.78, 5) is 22.8. The van der Waals surface area contributed by atoms with Crippen molar-refractivity contribution in [2.24, 2.45) is 0 Å². The molecule has 0 heterocycles. The topological polar surface area (TPSA) is 64.6 Å². The van der Waals surface area contributed by atoms with E-state index in [1.54, 1.807) is 0 Å². The number of ether oxygens (including phenoxy) is 2. The molecule has 1 aliphatic rings. The first kappa shape index (κ1) is 17.7. The van der Waals surface area contributed by atoms with Crippen molar-refractivity contribution >= 4 is 12.1 Å². The minimum absolute atomic E-state index is 0.0432. The zero-order chi connectivity index (χ0) is 18.4. The van der Waals surface area contributed by atoms with Gasteiger partial charge in [-0.3, -0.25) is 0 Å². The molecule has 1 N–H and O–H groups in total. The Morgan fingerprint density at radius 3 is 2.23 bits per heavy atom. The van der Waals surface area contributed by atoms with Gasteiger partial charge in [0.1, 0.15) is 6.61 Å². The van der Waals surface area contributed by atoms with Crippen LogP contribution in [0.25, 0.3) is 11.1 Å². The van der Waals surface area contributed by atoms with E-state index < -0.39 is 12.1 Å². The Balaban J connectivity index is 1.51. The number of amides is 1. The molecule has 2 aromatic carbocycles. The van der Waals surface area contributed by atoms with E-state index in [0.29, 0.717) is 13.0 Å². The van der Waals surface area contributed by atoms with Gasteiger partial charge in [-0.05, 0) is 28.7 Å². The second-order valence-corrected chi connectivity index (χ2v) is 5.98. The molecule has 0 saturated carbocycles. The normalized spacial score (nSPS) is 12.0. The molecular weight excluding hydrogens is 330 g/mol. The molecule has 0 unspecified atom stereocenters. The van der Waals surface area contributed by atoms with Gasteiger partial charge >= 0.3 is 12.1 Å². The van der Waals surface area contributed by atoms with Crippen LogP contribution in [0.2, 0.25) is 0 Å². The maximum atomic E-state index is 11.9. The molecule has 0 radical (unpaired) electrons. The summed E-state index contributed by atoms with van der Waals surface area (Å²) in [5.41, 5.74) is 4.75. The second-order valence-electron chi connectivity index (χ2n) is 5.98. The Morgan fingerprint density at radius 1 is 1.00 bits per heavy atom. The zero-order valence-electron chi connectivity index (χ0n) is 14.4. The van der Waals surface area contributed by atoms with Crippen molar-refractivity contribution in [3.63, 3.8) is 0 Å². The number of esters is 1. The molecule has 1 amide bonds. The first-order valence-corrected chi connectivity index (χ1v) is 8.58. The minimum Gasteiger partial charge on any atom is -0.462 e. The first-order chi connectivity index (χ1) is 12.7. The predicted molar refractivity (Wildman–Crippen MR) is 98.8 cm³/mol. The summed E-state index contributed by atoms with van der Waals surface area (Å²) in [6.07, 6.45) is 1.16. The first-order valence-electron chi connectivity index (χ1n) is 8.58. The van der Waals surface area contributed by atoms with Gasteiger partial charge in [-0.1, -0.05) is 55.1 Å². The van der Waals surface area contributed by atoms with E-state index in [2.05, 4.69) is 36.2 Å². The number of carbonyl (C=O) groups is 2. The van der Waals surface area contributed by atoms with Crippen molar-refractivity contribution in [1.29, 1.82) is 0 Å². The van der Waals surface area contributed by atoms with Gasteiger partial charge in [0, 0.05) is 18.5 Å². The molecule has 26 heavy (non-hydrogen) atoms. The maximum absolute atomic E-state index is 11.9. The van der Waals surface area contributed by atoms with Gasteiger partial charge in [0.2, 0.25) is 0 Å². The molecule has 0 saturated heterocycles. The third-order valence-electron chi connectivity index (χ3n) is 4.35. The average Bonchev–Trinajstić information content (AvgIpc) is 3.00. The lowest BCUT2D eigenvalue weighted by atomic mass is 9.98. The highest BCUT2D eigenvalue weighted by Gasteiger charge is 2.28. The molecule has 0 bridgehead atoms. The number of carbonyl (C=O) groups excluding carboxylic acids is 2. The molecular formula is C21H21NO4. The van der Waals surface area contributed by atoms with Gasteiger partial charge < -0.3 is 14.8 Å². The molecule has 1 aliphatic carbocycles. The maximum Gasteiger partial charge on any atom is 0.407 e. The summed E-state index contributed by atoms with van der Waals surface area (Å²) in [7, 11) is 0. The van der Waals surface area contributed by atoms with Crippen LogP contribution in [0.4, 0.5) is 4.79 Å². The molecule has 0 aromatic heterocycles. The van der Waals surface area contributed by atoms with Crippen LogP contribution in [0, 0.1) is 0 Å². The van der Waals surface area contributed by atoms with Crippen LogP contribution < -0.4 is 5.32 Å². The molecule has 0 fully saturated rings. The van der Waals surface area contributed by atoms with Crippen LogP contribution in [-0.2, 0) is 14.3 Å². The lowest BCUT2D eigenvalue weighted by molar-refractivity contribution is -0.137. The fraction of sp³-hybridized carbons (Fsp3) is 0.238. The Morgan fingerprint density at radius 2 is 1.62 bits per heavy atom. The van der Waals surface area contributed by atoms with Crippen LogP contribution in [0.1, 0.15) is 23.5 Å². The van der Waals surface area contributed by atoms with E-state index in [1.807, 2.05) is 24.3 Å². The summed E-state index contributed by atoms with van der Waals surface area (Å²) >= 11 is 0. The molecule has 2 aromatic rings. The Hall–Kier alpha value is -3.08. The molecule has 134 valence electrons. The lowest BCUT2D eigenvalue weighted by Crippen LogP contribution is -2.27. The summed E-state index contributed by atoms with van der Waals surface area (Å²) < 4.78 is 10.3. The largest absolute Gasteiger partial charge is 0.462 e. The summed E-state index contributed by atoms with van der Waals surface area (Å²) in [5.74, 6) is -0.423. The van der Waals surface area contributed by atoms with Gasteiger partial charge in [-0.2, -0.15) is 0 Å². The van der Waals surface area contributed by atoms with E-state index in [9.17, 15) is 9.59 Å². The van der Waals surface area contributed by atoms with Gasteiger partial charge in [0.25, 0.3) is 0 Å². The Bertz CT molecular complexity index is 770. The van der Waals surface area contributed by atoms with Crippen LogP contribution in [0.5, 0.6) is 0 Å². The zero-order valence-corrected chi connectivity index (χ0v) is 14.4. The number of nitrogens with one attached hydrogen (secondary N) is 1. The smallest absolute Gasteiger partial charge is 0.407 e. The van der Waals surface area contributed by atoms with Gasteiger partial charge in [-0.25, -0.2) is 9.59 Å². The van der Waals surface area contributed by atoms with E-state index in [1.165, 1.54) is 22.3 Å². The van der Waals surface area contributed by atoms with Crippen molar-refractivity contribution in [2.75, 3.05) is 19.8 Å². The Labute approximate surface area is 152 Å². The highest BCUT2D eigenvalue weighted by atomic mass is 16.5. The van der Waals surface area contributed by atoms with Crippen molar-refractivity contribution < 1.29 is 19.1 Å². The van der Waals surface area contributed by atoms with Crippen molar-refractivity contribution in [2.45, 2.75) is 12.3 Å². The highest BCUT2D eigenvalue weighted by molar-refractivity contribution is 5.81. The second kappa shape index (κ2) is 8.34. The number of hydrogen-bond donors (Lipinski definition) is 1. The van der Waals surface area contributed by atoms with Crippen LogP contribution in [0.3, 0.4) is 0 Å². The number of rotatable bonds is 7. The molecule has 0 aliphatic heterocycles. The van der Waals surface area contributed by atoms with Crippen LogP contribution >= 0.6 is 0 Å². The lowest BCUT2D eigenvalue weighted by Gasteiger charge is -2.14. The number of hydrogen-bond acceptors (Lipinski definition) is 4. The fourth-order valence-electron chi connectivity index (χ4n) is 3.14. The van der Waals surface area contributed by atoms with Gasteiger partial charge in [-0.15, -0.1) is 0 Å². The van der Waals surface area contributed by atoms with Crippen LogP contribution in [0.15, 0.2) is 61.2 Å². The van der Waals surface area contributed by atoms with Crippen molar-refractivity contribution in [3.05, 3.63) is 72.3 Å². The molecule has 0 spiro atoms. The number of alkyl carbamates (subject to hydrolysis) is 1. The van der Waals surface area contributed by atoms with E-state index in [-0.39, 0.29) is 19.1 Å². The van der Waals surface area contributed by atoms with Gasteiger partial charge in [0.05, 0.1) is 6.61 Å². The highest BCUT2D eigenvalue weighted by Crippen LogP contribution is 2.44. The van der Waals surface area contributed by atoms with Gasteiger partial charge in [0.15, 0.2) is 0 Å². The average molecular weight is 351 g/mol. The quantitative estimate of drug-likeness (QED) is 0.470. The SMILES string of the molecule is C=CC(=O)OCCCNC(=O)OCC1c2ccccc2-c2ccccc21. The Kier molecular flexibility index (Phi) is 5.69. The van der Waals surface area contributed by atoms with E-state index >= 15 is 0 Å². The minimum atomic E-state index is -0.470. The molecule has 5 heteroatoms. The summed E-state index contributed by atoms with van der Waals surface area (Å²) in [6.45, 7) is 4.21. The van der Waals surface area contributed by atoms with Crippen molar-refractivity contribution in [3.8, 4) is 11.1 Å². The third kappa shape index (κ3) is 3.94. The standard InChI is InChI=1S/C21H21NO4/c1-2-20(23)25-13-7-12-22-21(24)26-14-19-17-10-5-3-8-15(17)16-9-4-6-11-18(16)19/h2-6,8-11,19H,1,7,12-14H2,(H,22,24). The predicted octanol–water partition coefficient (Wildman–Crippen LogP) is 3.64. The number of fused-ring (bicyclic) bond motifs is 3. The summed E-state index contributed by atoms with van der Waals surface area (Å²) in [5, 5.41) is 2.67. The van der Waals surface area contributed by atoms with E-state index in [0.717, 1.165) is 6.08 Å². The molecule has 0 atom stereocenters. The molecule has 3 rings (SSSR count). The van der Waals surface area contributed by atoms with Crippen LogP contribution in [-0.4, -0.2) is 31.8 Å².